The number of fused-ring (bicyclic) bond motifs is 2. The Morgan fingerprint density at radius 1 is 1.12 bits per heavy atom. The molecule has 6 rings (SSSR count). The van der Waals surface area contributed by atoms with Gasteiger partial charge in [-0.1, -0.05) is 12.1 Å². The topological polar surface area (TPSA) is 134 Å². The maximum atomic E-state index is 12.5. The molecule has 10 heteroatoms. The van der Waals surface area contributed by atoms with Gasteiger partial charge in [-0.2, -0.15) is 0 Å². The van der Waals surface area contributed by atoms with E-state index >= 15 is 0 Å². The smallest absolute Gasteiger partial charge is 0.257 e. The molecule has 2 saturated heterocycles. The highest BCUT2D eigenvalue weighted by Crippen LogP contribution is 2.38. The number of carbonyl (C=O) groups excluding carboxylic acids is 2. The third-order valence-corrected chi connectivity index (χ3v) is 6.84. The quantitative estimate of drug-likeness (QED) is 0.432. The summed E-state index contributed by atoms with van der Waals surface area (Å²) in [5.41, 5.74) is 9.08. The van der Waals surface area contributed by atoms with Gasteiger partial charge in [0, 0.05) is 60.8 Å². The molecule has 2 amide bonds. The number of nitrogen functional groups attached to an aromatic ring is 1. The van der Waals surface area contributed by atoms with E-state index < -0.39 is 0 Å². The van der Waals surface area contributed by atoms with Crippen molar-refractivity contribution in [3.63, 3.8) is 0 Å². The van der Waals surface area contributed by atoms with Gasteiger partial charge in [0.25, 0.3) is 5.91 Å². The summed E-state index contributed by atoms with van der Waals surface area (Å²) in [6, 6.07) is 7.58. The zero-order valence-corrected chi connectivity index (χ0v) is 18.4. The lowest BCUT2D eigenvalue weighted by molar-refractivity contribution is -0.130. The van der Waals surface area contributed by atoms with Gasteiger partial charge in [0.2, 0.25) is 11.9 Å². The minimum absolute atomic E-state index is 0.125. The first-order valence-electron chi connectivity index (χ1n) is 11.4. The molecule has 2 atom stereocenters. The van der Waals surface area contributed by atoms with Crippen LogP contribution >= 0.6 is 0 Å². The summed E-state index contributed by atoms with van der Waals surface area (Å²) >= 11 is 0. The van der Waals surface area contributed by atoms with E-state index in [1.165, 1.54) is 0 Å². The third-order valence-electron chi connectivity index (χ3n) is 6.84. The molecule has 34 heavy (non-hydrogen) atoms. The second-order valence-corrected chi connectivity index (χ2v) is 8.83. The van der Waals surface area contributed by atoms with E-state index in [0.717, 1.165) is 36.2 Å². The predicted octanol–water partition coefficient (Wildman–Crippen LogP) is 2.82. The summed E-state index contributed by atoms with van der Waals surface area (Å²) in [5, 5.41) is 2.72. The molecule has 1 aromatic carbocycles. The van der Waals surface area contributed by atoms with Gasteiger partial charge in [0.1, 0.15) is 22.9 Å². The minimum atomic E-state index is -0.259. The van der Waals surface area contributed by atoms with Crippen LogP contribution in [0, 0.1) is 0 Å². The van der Waals surface area contributed by atoms with Gasteiger partial charge >= 0.3 is 0 Å². The number of aromatic amines is 1. The van der Waals surface area contributed by atoms with Crippen molar-refractivity contribution in [3.05, 3.63) is 60.4 Å². The number of nitrogens with two attached hydrogens (primary N) is 1. The Balaban J connectivity index is 1.34. The molecule has 0 radical (unpaired) electrons. The molecule has 4 aromatic rings. The van der Waals surface area contributed by atoms with Crippen molar-refractivity contribution < 1.29 is 9.59 Å². The standard InChI is InChI=1S/C24H24N8O2/c25-21-20-19(14-1-3-15(4-2-14)23(34)30-24-27-9-10-28-24)29-22(31(20)12-11-26-21)16-5-6-17-7-8-18(33)32(17)13-16/h1-4,9-12,16-17H,5-8,13H2,(H2,25,26)(H2,27,28,30,34). The number of hydrogen-bond acceptors (Lipinski definition) is 6. The number of H-pyrrole nitrogens is 1. The van der Waals surface area contributed by atoms with Crippen molar-refractivity contribution in [2.24, 2.45) is 0 Å². The molecule has 3 aromatic heterocycles. The van der Waals surface area contributed by atoms with Gasteiger partial charge in [0.05, 0.1) is 0 Å². The number of benzene rings is 1. The van der Waals surface area contributed by atoms with Gasteiger partial charge in [0.15, 0.2) is 0 Å². The van der Waals surface area contributed by atoms with Crippen LogP contribution < -0.4 is 11.1 Å². The van der Waals surface area contributed by atoms with Crippen molar-refractivity contribution in [2.75, 3.05) is 17.6 Å². The molecule has 2 fully saturated rings. The van der Waals surface area contributed by atoms with Gasteiger partial charge in [-0.25, -0.2) is 15.0 Å². The molecule has 2 aliphatic rings. The van der Waals surface area contributed by atoms with Crippen LogP contribution in [0.15, 0.2) is 49.1 Å². The lowest BCUT2D eigenvalue weighted by atomic mass is 9.92. The second kappa shape index (κ2) is 7.98. The van der Waals surface area contributed by atoms with Crippen LogP contribution in [0.1, 0.15) is 47.8 Å². The molecular weight excluding hydrogens is 432 g/mol. The lowest BCUT2D eigenvalue weighted by Gasteiger charge is -2.34. The number of piperidine rings is 1. The first-order valence-corrected chi connectivity index (χ1v) is 11.4. The summed E-state index contributed by atoms with van der Waals surface area (Å²) in [7, 11) is 0. The summed E-state index contributed by atoms with van der Waals surface area (Å²) < 4.78 is 2.00. The normalized spacial score (nSPS) is 20.0. The average Bonchev–Trinajstić information content (AvgIpc) is 3.59. The predicted molar refractivity (Wildman–Crippen MR) is 126 cm³/mol. The van der Waals surface area contributed by atoms with E-state index in [9.17, 15) is 9.59 Å². The number of aromatic nitrogens is 5. The molecule has 2 aliphatic heterocycles. The molecule has 0 spiro atoms. The Kier molecular flexibility index (Phi) is 4.79. The molecule has 172 valence electrons. The maximum Gasteiger partial charge on any atom is 0.257 e. The van der Waals surface area contributed by atoms with Crippen LogP contribution in [-0.4, -0.2) is 53.6 Å². The van der Waals surface area contributed by atoms with Crippen molar-refractivity contribution >= 4 is 29.1 Å². The zero-order chi connectivity index (χ0) is 23.2. The van der Waals surface area contributed by atoms with E-state index in [1.807, 2.05) is 27.6 Å². The molecular formula is C24H24N8O2. The van der Waals surface area contributed by atoms with Gasteiger partial charge in [-0.15, -0.1) is 0 Å². The zero-order valence-electron chi connectivity index (χ0n) is 18.4. The minimum Gasteiger partial charge on any atom is -0.382 e. The van der Waals surface area contributed by atoms with E-state index in [-0.39, 0.29) is 17.7 Å². The van der Waals surface area contributed by atoms with Gasteiger partial charge in [-0.3, -0.25) is 19.3 Å². The molecule has 4 N–H and O–H groups in total. The third kappa shape index (κ3) is 3.38. The summed E-state index contributed by atoms with van der Waals surface area (Å²) in [5.74, 6) is 1.77. The number of amides is 2. The Morgan fingerprint density at radius 3 is 2.76 bits per heavy atom. The molecule has 0 aliphatic carbocycles. The number of nitrogens with zero attached hydrogens (tertiary/aromatic N) is 5. The van der Waals surface area contributed by atoms with Crippen molar-refractivity contribution in [1.82, 2.24) is 29.2 Å². The van der Waals surface area contributed by atoms with Gasteiger partial charge in [-0.05, 0) is 31.4 Å². The fourth-order valence-electron chi connectivity index (χ4n) is 5.15. The van der Waals surface area contributed by atoms with Crippen LogP contribution in [0.4, 0.5) is 11.8 Å². The number of nitrogens with one attached hydrogen (secondary N) is 2. The van der Waals surface area contributed by atoms with Crippen LogP contribution in [-0.2, 0) is 4.79 Å². The number of carbonyl (C=O) groups is 2. The van der Waals surface area contributed by atoms with Crippen LogP contribution in [0.5, 0.6) is 0 Å². The van der Waals surface area contributed by atoms with E-state index in [1.54, 1.807) is 30.7 Å². The number of anilines is 2. The fourth-order valence-corrected chi connectivity index (χ4v) is 5.15. The summed E-state index contributed by atoms with van der Waals surface area (Å²) in [4.78, 5) is 43.0. The first-order chi connectivity index (χ1) is 16.6. The molecule has 5 heterocycles. The largest absolute Gasteiger partial charge is 0.382 e. The van der Waals surface area contributed by atoms with Gasteiger partial charge < -0.3 is 15.6 Å². The maximum absolute atomic E-state index is 12.5. The Hall–Kier alpha value is -4.21. The Bertz CT molecular complexity index is 1380. The van der Waals surface area contributed by atoms with Crippen LogP contribution in [0.3, 0.4) is 0 Å². The fraction of sp³-hybridized carbons (Fsp3) is 0.292. The molecule has 0 saturated carbocycles. The number of imidazole rings is 2. The number of hydrogen-bond donors (Lipinski definition) is 3. The highest BCUT2D eigenvalue weighted by atomic mass is 16.2. The Labute approximate surface area is 195 Å². The Morgan fingerprint density at radius 2 is 1.97 bits per heavy atom. The summed E-state index contributed by atoms with van der Waals surface area (Å²) in [6.07, 6.45) is 10.3. The lowest BCUT2D eigenvalue weighted by Crippen LogP contribution is -2.41. The second-order valence-electron chi connectivity index (χ2n) is 8.83. The van der Waals surface area contributed by atoms with E-state index in [0.29, 0.717) is 42.0 Å². The van der Waals surface area contributed by atoms with Crippen LogP contribution in [0.2, 0.25) is 0 Å². The van der Waals surface area contributed by atoms with Crippen molar-refractivity contribution in [1.29, 1.82) is 0 Å². The SMILES string of the molecule is Nc1nccn2c(C3CCC4CCC(=O)N4C3)nc(-c3ccc(C(=O)Nc4ncc[nH]4)cc3)c12. The van der Waals surface area contributed by atoms with Crippen LogP contribution in [0.25, 0.3) is 16.8 Å². The summed E-state index contributed by atoms with van der Waals surface area (Å²) in [6.45, 7) is 0.677. The highest BCUT2D eigenvalue weighted by molar-refractivity contribution is 6.03. The monoisotopic (exact) mass is 456 g/mol. The van der Waals surface area contributed by atoms with Crippen molar-refractivity contribution in [3.8, 4) is 11.3 Å². The molecule has 10 nitrogen and oxygen atoms in total. The highest BCUT2D eigenvalue weighted by Gasteiger charge is 2.38. The first kappa shape index (κ1) is 20.4. The van der Waals surface area contributed by atoms with E-state index in [2.05, 4.69) is 20.3 Å². The molecule has 2 unspecified atom stereocenters. The average molecular weight is 457 g/mol. The van der Waals surface area contributed by atoms with E-state index in [4.69, 9.17) is 10.7 Å². The number of rotatable bonds is 4. The molecule has 0 bridgehead atoms. The van der Waals surface area contributed by atoms with Crippen molar-refractivity contribution in [2.45, 2.75) is 37.6 Å².